The molecule has 0 saturated heterocycles. The third kappa shape index (κ3) is 5.80. The summed E-state index contributed by atoms with van der Waals surface area (Å²) >= 11 is 0. The monoisotopic (exact) mass is 323 g/mol. The van der Waals surface area contributed by atoms with E-state index in [9.17, 15) is 0 Å². The lowest BCUT2D eigenvalue weighted by Crippen LogP contribution is -2.37. The first-order chi connectivity index (χ1) is 11.8. The van der Waals surface area contributed by atoms with Gasteiger partial charge in [-0.1, -0.05) is 54.6 Å². The molecule has 126 valence electrons. The first-order valence-electron chi connectivity index (χ1n) is 8.21. The molecule has 0 spiro atoms. The lowest BCUT2D eigenvalue weighted by molar-refractivity contribution is 0.303. The van der Waals surface area contributed by atoms with E-state index in [1.165, 1.54) is 0 Å². The molecule has 2 N–H and O–H groups in total. The third-order valence-electron chi connectivity index (χ3n) is 3.38. The zero-order valence-electron chi connectivity index (χ0n) is 14.2. The van der Waals surface area contributed by atoms with Crippen molar-refractivity contribution in [3.8, 4) is 5.75 Å². The molecule has 0 bridgehead atoms. The predicted octanol–water partition coefficient (Wildman–Crippen LogP) is 3.51. The first kappa shape index (κ1) is 17.6. The Bertz CT molecular complexity index is 653. The van der Waals surface area contributed by atoms with E-state index < -0.39 is 0 Å². The van der Waals surface area contributed by atoms with E-state index in [0.717, 1.165) is 29.4 Å². The standard InChI is InChI=1S/C20H25N3O/c1-3-14-22-20(21-4-2)23-15-18-12-8-9-13-19(18)24-16-17-10-6-5-7-11-17/h3,5-13H,1,4,14-16H2,2H3,(H2,21,22,23). The Balaban J connectivity index is 2.03. The molecular weight excluding hydrogens is 298 g/mol. The summed E-state index contributed by atoms with van der Waals surface area (Å²) in [7, 11) is 0. The van der Waals surface area contributed by atoms with Crippen molar-refractivity contribution in [1.29, 1.82) is 0 Å². The van der Waals surface area contributed by atoms with Crippen LogP contribution in [0.5, 0.6) is 5.75 Å². The van der Waals surface area contributed by atoms with Gasteiger partial charge in [-0.05, 0) is 18.6 Å². The minimum Gasteiger partial charge on any atom is -0.489 e. The van der Waals surface area contributed by atoms with Crippen LogP contribution in [-0.4, -0.2) is 19.0 Å². The van der Waals surface area contributed by atoms with Gasteiger partial charge in [0.25, 0.3) is 0 Å². The minimum absolute atomic E-state index is 0.552. The molecule has 0 heterocycles. The van der Waals surface area contributed by atoms with Gasteiger partial charge in [-0.3, -0.25) is 0 Å². The molecule has 0 radical (unpaired) electrons. The number of rotatable bonds is 8. The predicted molar refractivity (Wildman–Crippen MR) is 100 cm³/mol. The first-order valence-corrected chi connectivity index (χ1v) is 8.21. The molecule has 0 unspecified atom stereocenters. The quantitative estimate of drug-likeness (QED) is 0.444. The van der Waals surface area contributed by atoms with Crippen LogP contribution in [0.25, 0.3) is 0 Å². The maximum atomic E-state index is 5.97. The summed E-state index contributed by atoms with van der Waals surface area (Å²) < 4.78 is 5.97. The van der Waals surface area contributed by atoms with E-state index in [1.54, 1.807) is 0 Å². The van der Waals surface area contributed by atoms with Crippen LogP contribution in [0.3, 0.4) is 0 Å². The van der Waals surface area contributed by atoms with Gasteiger partial charge in [-0.25, -0.2) is 4.99 Å². The Morgan fingerprint density at radius 1 is 1.08 bits per heavy atom. The van der Waals surface area contributed by atoms with Crippen LogP contribution < -0.4 is 15.4 Å². The second-order valence-corrected chi connectivity index (χ2v) is 5.25. The summed E-state index contributed by atoms with van der Waals surface area (Å²) in [5.41, 5.74) is 2.21. The lowest BCUT2D eigenvalue weighted by atomic mass is 10.2. The molecule has 2 rings (SSSR count). The van der Waals surface area contributed by atoms with Crippen LogP contribution in [0.15, 0.2) is 72.2 Å². The largest absolute Gasteiger partial charge is 0.489 e. The van der Waals surface area contributed by atoms with Crippen LogP contribution in [-0.2, 0) is 13.2 Å². The Labute approximate surface area is 144 Å². The van der Waals surface area contributed by atoms with Crippen molar-refractivity contribution in [3.63, 3.8) is 0 Å². The number of hydrogen-bond donors (Lipinski definition) is 2. The van der Waals surface area contributed by atoms with E-state index in [-0.39, 0.29) is 0 Å². The summed E-state index contributed by atoms with van der Waals surface area (Å²) in [5, 5.41) is 6.41. The molecule has 0 aliphatic carbocycles. The molecule has 4 heteroatoms. The van der Waals surface area contributed by atoms with Crippen molar-refractivity contribution in [2.75, 3.05) is 13.1 Å². The SMILES string of the molecule is C=CCNC(=NCc1ccccc1OCc1ccccc1)NCC. The zero-order valence-corrected chi connectivity index (χ0v) is 14.2. The van der Waals surface area contributed by atoms with Crippen molar-refractivity contribution in [1.82, 2.24) is 10.6 Å². The van der Waals surface area contributed by atoms with Crippen LogP contribution in [0, 0.1) is 0 Å². The Kier molecular flexibility index (Phi) is 7.41. The molecule has 0 atom stereocenters. The van der Waals surface area contributed by atoms with Gasteiger partial charge < -0.3 is 15.4 Å². The molecule has 4 nitrogen and oxygen atoms in total. The highest BCUT2D eigenvalue weighted by Gasteiger charge is 2.04. The normalized spacial score (nSPS) is 11.0. The second-order valence-electron chi connectivity index (χ2n) is 5.25. The van der Waals surface area contributed by atoms with Gasteiger partial charge in [0.1, 0.15) is 12.4 Å². The average molecular weight is 323 g/mol. The molecule has 0 aliphatic heterocycles. The summed E-state index contributed by atoms with van der Waals surface area (Å²) in [5.74, 6) is 1.64. The molecule has 0 saturated carbocycles. The number of para-hydroxylation sites is 1. The number of nitrogens with one attached hydrogen (secondary N) is 2. The molecule has 2 aromatic carbocycles. The number of ether oxygens (including phenoxy) is 1. The molecule has 0 aromatic heterocycles. The molecule has 2 aromatic rings. The van der Waals surface area contributed by atoms with Crippen molar-refractivity contribution < 1.29 is 4.74 Å². The Hall–Kier alpha value is -2.75. The fraction of sp³-hybridized carbons (Fsp3) is 0.250. The van der Waals surface area contributed by atoms with Crippen LogP contribution >= 0.6 is 0 Å². The lowest BCUT2D eigenvalue weighted by Gasteiger charge is -2.12. The average Bonchev–Trinajstić information content (AvgIpc) is 2.64. The topological polar surface area (TPSA) is 45.7 Å². The maximum Gasteiger partial charge on any atom is 0.191 e. The number of aliphatic imine (C=N–C) groups is 1. The van der Waals surface area contributed by atoms with Gasteiger partial charge in [-0.2, -0.15) is 0 Å². The van der Waals surface area contributed by atoms with Crippen molar-refractivity contribution in [2.45, 2.75) is 20.1 Å². The number of nitrogens with zero attached hydrogens (tertiary/aromatic N) is 1. The fourth-order valence-corrected chi connectivity index (χ4v) is 2.19. The molecule has 0 fully saturated rings. The highest BCUT2D eigenvalue weighted by molar-refractivity contribution is 5.79. The summed E-state index contributed by atoms with van der Waals surface area (Å²) in [6.45, 7) is 8.35. The Morgan fingerprint density at radius 3 is 2.58 bits per heavy atom. The molecule has 0 aliphatic rings. The summed E-state index contributed by atoms with van der Waals surface area (Å²) in [4.78, 5) is 4.60. The van der Waals surface area contributed by atoms with E-state index in [1.807, 2.05) is 55.5 Å². The van der Waals surface area contributed by atoms with E-state index in [0.29, 0.717) is 19.7 Å². The Morgan fingerprint density at radius 2 is 1.83 bits per heavy atom. The van der Waals surface area contributed by atoms with Gasteiger partial charge in [0.2, 0.25) is 0 Å². The van der Waals surface area contributed by atoms with E-state index in [2.05, 4.69) is 34.3 Å². The van der Waals surface area contributed by atoms with Crippen LogP contribution in [0.4, 0.5) is 0 Å². The number of hydrogen-bond acceptors (Lipinski definition) is 2. The van der Waals surface area contributed by atoms with Gasteiger partial charge in [0.15, 0.2) is 5.96 Å². The molecule has 0 amide bonds. The second kappa shape index (κ2) is 10.1. The minimum atomic E-state index is 0.552. The third-order valence-corrected chi connectivity index (χ3v) is 3.38. The van der Waals surface area contributed by atoms with Gasteiger partial charge in [0.05, 0.1) is 6.54 Å². The fourth-order valence-electron chi connectivity index (χ4n) is 2.19. The highest BCUT2D eigenvalue weighted by atomic mass is 16.5. The highest BCUT2D eigenvalue weighted by Crippen LogP contribution is 2.20. The van der Waals surface area contributed by atoms with Crippen LogP contribution in [0.1, 0.15) is 18.1 Å². The van der Waals surface area contributed by atoms with Gasteiger partial charge >= 0.3 is 0 Å². The van der Waals surface area contributed by atoms with Gasteiger partial charge in [-0.15, -0.1) is 6.58 Å². The number of benzene rings is 2. The number of guanidine groups is 1. The van der Waals surface area contributed by atoms with Crippen molar-refractivity contribution in [3.05, 3.63) is 78.4 Å². The molecular formula is C20H25N3O. The maximum absolute atomic E-state index is 5.97. The zero-order chi connectivity index (χ0) is 17.0. The smallest absolute Gasteiger partial charge is 0.191 e. The van der Waals surface area contributed by atoms with E-state index in [4.69, 9.17) is 4.74 Å². The van der Waals surface area contributed by atoms with E-state index >= 15 is 0 Å². The van der Waals surface area contributed by atoms with Crippen molar-refractivity contribution in [2.24, 2.45) is 4.99 Å². The summed E-state index contributed by atoms with van der Waals surface area (Å²) in [6, 6.07) is 18.2. The van der Waals surface area contributed by atoms with Gasteiger partial charge in [0, 0.05) is 18.7 Å². The van der Waals surface area contributed by atoms with Crippen molar-refractivity contribution >= 4 is 5.96 Å². The molecule has 24 heavy (non-hydrogen) atoms. The van der Waals surface area contributed by atoms with Crippen LogP contribution in [0.2, 0.25) is 0 Å². The summed E-state index contributed by atoms with van der Waals surface area (Å²) in [6.07, 6.45) is 1.81.